The third-order valence-corrected chi connectivity index (χ3v) is 5.00. The van der Waals surface area contributed by atoms with Gasteiger partial charge in [0.1, 0.15) is 0 Å². The standard InChI is InChI=1S/C17H34N2O/c1-15(2,3)18-12-17(8-6-7-9-17)13-19-10-11-20-14-16(19,4)5/h18H,6-14H2,1-5H3. The molecule has 0 aromatic carbocycles. The second-order valence-electron chi connectivity index (χ2n) is 8.60. The van der Waals surface area contributed by atoms with E-state index in [4.69, 9.17) is 4.74 Å². The average Bonchev–Trinajstić information content (AvgIpc) is 2.78. The van der Waals surface area contributed by atoms with Gasteiger partial charge in [-0.05, 0) is 52.9 Å². The number of rotatable bonds is 4. The second-order valence-corrected chi connectivity index (χ2v) is 8.60. The van der Waals surface area contributed by atoms with Crippen molar-refractivity contribution >= 4 is 0 Å². The molecule has 0 aromatic rings. The molecule has 0 bridgehead atoms. The Bertz CT molecular complexity index is 313. The Kier molecular flexibility index (Phi) is 4.83. The molecule has 20 heavy (non-hydrogen) atoms. The highest BCUT2D eigenvalue weighted by Crippen LogP contribution is 2.40. The number of nitrogens with zero attached hydrogens (tertiary/aromatic N) is 1. The molecule has 0 spiro atoms. The van der Waals surface area contributed by atoms with Crippen LogP contribution in [-0.2, 0) is 4.74 Å². The number of hydrogen-bond acceptors (Lipinski definition) is 3. The van der Waals surface area contributed by atoms with Crippen molar-refractivity contribution in [2.75, 3.05) is 32.8 Å². The summed E-state index contributed by atoms with van der Waals surface area (Å²) in [5.41, 5.74) is 0.883. The molecule has 0 aromatic heterocycles. The van der Waals surface area contributed by atoms with E-state index in [1.54, 1.807) is 0 Å². The van der Waals surface area contributed by atoms with Crippen molar-refractivity contribution in [3.05, 3.63) is 0 Å². The Labute approximate surface area is 125 Å². The van der Waals surface area contributed by atoms with Gasteiger partial charge >= 0.3 is 0 Å². The summed E-state index contributed by atoms with van der Waals surface area (Å²) in [4.78, 5) is 2.67. The molecule has 1 saturated heterocycles. The van der Waals surface area contributed by atoms with Gasteiger partial charge in [-0.1, -0.05) is 12.8 Å². The smallest absolute Gasteiger partial charge is 0.0645 e. The quantitative estimate of drug-likeness (QED) is 0.858. The minimum absolute atomic E-state index is 0.190. The first-order chi connectivity index (χ1) is 9.23. The third kappa shape index (κ3) is 4.19. The molecule has 1 N–H and O–H groups in total. The van der Waals surface area contributed by atoms with Gasteiger partial charge in [0.25, 0.3) is 0 Å². The van der Waals surface area contributed by atoms with Crippen molar-refractivity contribution in [1.82, 2.24) is 10.2 Å². The Morgan fingerprint density at radius 2 is 1.80 bits per heavy atom. The summed E-state index contributed by atoms with van der Waals surface area (Å²) in [7, 11) is 0. The minimum atomic E-state index is 0.190. The van der Waals surface area contributed by atoms with Gasteiger partial charge < -0.3 is 10.1 Å². The fraction of sp³-hybridized carbons (Fsp3) is 1.00. The summed E-state index contributed by atoms with van der Waals surface area (Å²) in [6.45, 7) is 16.7. The lowest BCUT2D eigenvalue weighted by atomic mass is 9.83. The lowest BCUT2D eigenvalue weighted by Gasteiger charge is -2.47. The molecule has 0 unspecified atom stereocenters. The van der Waals surface area contributed by atoms with Crippen LogP contribution in [0.3, 0.4) is 0 Å². The van der Waals surface area contributed by atoms with Gasteiger partial charge in [-0.2, -0.15) is 0 Å². The lowest BCUT2D eigenvalue weighted by Crippen LogP contribution is -2.57. The number of hydrogen-bond donors (Lipinski definition) is 1. The number of ether oxygens (including phenoxy) is 1. The summed E-state index contributed by atoms with van der Waals surface area (Å²) in [6, 6.07) is 0. The first kappa shape index (κ1) is 16.3. The van der Waals surface area contributed by atoms with Gasteiger partial charge in [-0.25, -0.2) is 0 Å². The molecule has 0 atom stereocenters. The molecule has 0 radical (unpaired) electrons. The molecule has 2 aliphatic rings. The van der Waals surface area contributed by atoms with Gasteiger partial charge in [-0.15, -0.1) is 0 Å². The summed E-state index contributed by atoms with van der Waals surface area (Å²) < 4.78 is 5.67. The first-order valence-corrected chi connectivity index (χ1v) is 8.30. The Balaban J connectivity index is 2.01. The van der Waals surface area contributed by atoms with E-state index >= 15 is 0 Å². The zero-order chi connectivity index (χ0) is 14.9. The van der Waals surface area contributed by atoms with Crippen molar-refractivity contribution in [1.29, 1.82) is 0 Å². The topological polar surface area (TPSA) is 24.5 Å². The lowest BCUT2D eigenvalue weighted by molar-refractivity contribution is -0.0680. The zero-order valence-electron chi connectivity index (χ0n) is 14.2. The maximum absolute atomic E-state index is 5.67. The van der Waals surface area contributed by atoms with E-state index in [1.807, 2.05) is 0 Å². The third-order valence-electron chi connectivity index (χ3n) is 5.00. The normalized spacial score (nSPS) is 26.9. The predicted octanol–water partition coefficient (Wildman–Crippen LogP) is 3.05. The average molecular weight is 282 g/mol. The Morgan fingerprint density at radius 3 is 2.35 bits per heavy atom. The molecular weight excluding hydrogens is 248 g/mol. The van der Waals surface area contributed by atoms with Gasteiger partial charge in [0.15, 0.2) is 0 Å². The van der Waals surface area contributed by atoms with Crippen LogP contribution >= 0.6 is 0 Å². The van der Waals surface area contributed by atoms with Crippen LogP contribution in [0, 0.1) is 5.41 Å². The Morgan fingerprint density at radius 1 is 1.15 bits per heavy atom. The van der Waals surface area contributed by atoms with E-state index < -0.39 is 0 Å². The van der Waals surface area contributed by atoms with Crippen LogP contribution in [-0.4, -0.2) is 48.8 Å². The first-order valence-electron chi connectivity index (χ1n) is 8.30. The molecule has 2 rings (SSSR count). The molecule has 0 amide bonds. The van der Waals surface area contributed by atoms with Crippen LogP contribution in [0.5, 0.6) is 0 Å². The predicted molar refractivity (Wildman–Crippen MR) is 85.1 cm³/mol. The molecule has 2 fully saturated rings. The zero-order valence-corrected chi connectivity index (χ0v) is 14.2. The van der Waals surface area contributed by atoms with Crippen molar-refractivity contribution in [2.24, 2.45) is 5.41 Å². The molecular formula is C17H34N2O. The van der Waals surface area contributed by atoms with E-state index in [1.165, 1.54) is 32.2 Å². The molecule has 3 heteroatoms. The highest BCUT2D eigenvalue weighted by molar-refractivity contribution is 4.95. The maximum atomic E-state index is 5.67. The van der Waals surface area contributed by atoms with Crippen LogP contribution < -0.4 is 5.32 Å². The van der Waals surface area contributed by atoms with Crippen LogP contribution in [0.1, 0.15) is 60.3 Å². The van der Waals surface area contributed by atoms with Gasteiger partial charge in [0.05, 0.1) is 13.2 Å². The highest BCUT2D eigenvalue weighted by Gasteiger charge is 2.40. The van der Waals surface area contributed by atoms with Crippen molar-refractivity contribution in [3.63, 3.8) is 0 Å². The van der Waals surface area contributed by atoms with Gasteiger partial charge in [-0.3, -0.25) is 4.90 Å². The summed E-state index contributed by atoms with van der Waals surface area (Å²) >= 11 is 0. The number of morpholine rings is 1. The summed E-state index contributed by atoms with van der Waals surface area (Å²) in [6.07, 6.45) is 5.56. The Hall–Kier alpha value is -0.120. The van der Waals surface area contributed by atoms with Crippen LogP contribution in [0.2, 0.25) is 0 Å². The molecule has 1 aliphatic heterocycles. The molecule has 3 nitrogen and oxygen atoms in total. The SMILES string of the molecule is CC(C)(C)NCC1(CN2CCOCC2(C)C)CCCC1. The summed E-state index contributed by atoms with van der Waals surface area (Å²) in [5.74, 6) is 0. The molecule has 1 aliphatic carbocycles. The van der Waals surface area contributed by atoms with Crippen molar-refractivity contribution < 1.29 is 4.74 Å². The molecule has 118 valence electrons. The van der Waals surface area contributed by atoms with Crippen LogP contribution in [0.15, 0.2) is 0 Å². The molecule has 1 saturated carbocycles. The fourth-order valence-electron chi connectivity index (χ4n) is 3.56. The minimum Gasteiger partial charge on any atom is -0.378 e. The van der Waals surface area contributed by atoms with E-state index in [9.17, 15) is 0 Å². The summed E-state index contributed by atoms with van der Waals surface area (Å²) in [5, 5.41) is 3.76. The second kappa shape index (κ2) is 5.94. The van der Waals surface area contributed by atoms with Crippen molar-refractivity contribution in [3.8, 4) is 0 Å². The van der Waals surface area contributed by atoms with Crippen LogP contribution in [0.25, 0.3) is 0 Å². The van der Waals surface area contributed by atoms with Gasteiger partial charge in [0, 0.05) is 30.7 Å². The van der Waals surface area contributed by atoms with E-state index in [-0.39, 0.29) is 11.1 Å². The fourth-order valence-corrected chi connectivity index (χ4v) is 3.56. The highest BCUT2D eigenvalue weighted by atomic mass is 16.5. The van der Waals surface area contributed by atoms with E-state index in [0.29, 0.717) is 5.41 Å². The van der Waals surface area contributed by atoms with E-state index in [2.05, 4.69) is 44.8 Å². The van der Waals surface area contributed by atoms with Crippen LogP contribution in [0.4, 0.5) is 0 Å². The van der Waals surface area contributed by atoms with E-state index in [0.717, 1.165) is 26.3 Å². The maximum Gasteiger partial charge on any atom is 0.0645 e. The van der Waals surface area contributed by atoms with Gasteiger partial charge in [0.2, 0.25) is 0 Å². The number of nitrogens with one attached hydrogen (secondary N) is 1. The molecule has 1 heterocycles. The van der Waals surface area contributed by atoms with Crippen molar-refractivity contribution in [2.45, 2.75) is 71.4 Å². The monoisotopic (exact) mass is 282 g/mol. The largest absolute Gasteiger partial charge is 0.378 e.